The van der Waals surface area contributed by atoms with Crippen LogP contribution in [0.3, 0.4) is 0 Å². The first-order chi connectivity index (χ1) is 17.2. The lowest BCUT2D eigenvalue weighted by Crippen LogP contribution is -2.14. The predicted octanol–water partition coefficient (Wildman–Crippen LogP) is 6.14. The summed E-state index contributed by atoms with van der Waals surface area (Å²) in [7, 11) is 0. The molecule has 5 rings (SSSR count). The molecule has 0 saturated heterocycles. The number of nitrogens with one attached hydrogen (secondary N) is 1. The second-order valence-corrected chi connectivity index (χ2v) is 10.3. The number of thiophene rings is 1. The Balaban J connectivity index is 1.34. The lowest BCUT2D eigenvalue weighted by atomic mass is 10.0. The number of carbonyl (C=O) groups excluding carboxylic acids is 1. The number of thioether (sulfide) groups is 1. The predicted molar refractivity (Wildman–Crippen MR) is 140 cm³/mol. The standard InChI is InChI=1S/C27H23N5OS2/c28-16-21-20-14-8-3-9-15-22(20)35-26(21)29-23(33)17-34-27-30-24(18-10-4-1-5-11-18)25(31-32-27)19-12-6-2-7-13-19/h1-2,4-7,10-13H,3,8-9,14-15,17H2,(H,29,33). The van der Waals surface area contributed by atoms with Gasteiger partial charge in [0.05, 0.1) is 11.3 Å². The molecule has 1 aliphatic rings. The molecule has 8 heteroatoms. The van der Waals surface area contributed by atoms with E-state index in [1.807, 2.05) is 60.7 Å². The third-order valence-corrected chi connectivity index (χ3v) is 7.93. The lowest BCUT2D eigenvalue weighted by molar-refractivity contribution is -0.113. The smallest absolute Gasteiger partial charge is 0.235 e. The number of anilines is 1. The van der Waals surface area contributed by atoms with E-state index in [4.69, 9.17) is 4.98 Å². The van der Waals surface area contributed by atoms with Crippen molar-refractivity contribution >= 4 is 34.0 Å². The number of nitriles is 1. The number of hydrogen-bond acceptors (Lipinski definition) is 7. The van der Waals surface area contributed by atoms with Crippen LogP contribution in [0.2, 0.25) is 0 Å². The van der Waals surface area contributed by atoms with E-state index < -0.39 is 0 Å². The molecule has 2 aromatic carbocycles. The van der Waals surface area contributed by atoms with Crippen molar-refractivity contribution in [1.29, 1.82) is 5.26 Å². The molecule has 1 amide bonds. The van der Waals surface area contributed by atoms with E-state index in [2.05, 4.69) is 21.6 Å². The lowest BCUT2D eigenvalue weighted by Gasteiger charge is -2.09. The fourth-order valence-electron chi connectivity index (χ4n) is 4.20. The summed E-state index contributed by atoms with van der Waals surface area (Å²) >= 11 is 2.78. The van der Waals surface area contributed by atoms with E-state index in [-0.39, 0.29) is 11.7 Å². The van der Waals surface area contributed by atoms with Gasteiger partial charge in [-0.2, -0.15) is 5.26 Å². The number of nitrogens with zero attached hydrogens (tertiary/aromatic N) is 4. The van der Waals surface area contributed by atoms with Crippen molar-refractivity contribution in [2.45, 2.75) is 37.3 Å². The van der Waals surface area contributed by atoms with Crippen LogP contribution in [0.15, 0.2) is 65.8 Å². The van der Waals surface area contributed by atoms with E-state index in [1.54, 1.807) is 11.3 Å². The molecule has 0 spiro atoms. The highest BCUT2D eigenvalue weighted by atomic mass is 32.2. The molecule has 0 saturated carbocycles. The van der Waals surface area contributed by atoms with Crippen molar-refractivity contribution in [3.8, 4) is 28.6 Å². The molecule has 2 aromatic heterocycles. The number of benzene rings is 2. The van der Waals surface area contributed by atoms with Gasteiger partial charge in [0.15, 0.2) is 0 Å². The molecular weight excluding hydrogens is 474 g/mol. The number of aryl methyl sites for hydroxylation is 1. The van der Waals surface area contributed by atoms with Gasteiger partial charge in [0.1, 0.15) is 22.5 Å². The van der Waals surface area contributed by atoms with E-state index >= 15 is 0 Å². The number of amides is 1. The van der Waals surface area contributed by atoms with Gasteiger partial charge in [-0.25, -0.2) is 4.98 Å². The number of carbonyl (C=O) groups is 1. The molecule has 174 valence electrons. The van der Waals surface area contributed by atoms with E-state index in [1.165, 1.54) is 23.1 Å². The van der Waals surface area contributed by atoms with Crippen LogP contribution in [0.5, 0.6) is 0 Å². The average molecular weight is 498 g/mol. The molecule has 2 heterocycles. The first-order valence-corrected chi connectivity index (χ1v) is 13.4. The third kappa shape index (κ3) is 5.26. The molecule has 1 aliphatic carbocycles. The Morgan fingerprint density at radius 2 is 1.63 bits per heavy atom. The van der Waals surface area contributed by atoms with Gasteiger partial charge < -0.3 is 5.32 Å². The summed E-state index contributed by atoms with van der Waals surface area (Å²) in [5, 5.41) is 22.5. The van der Waals surface area contributed by atoms with Crippen LogP contribution >= 0.6 is 23.1 Å². The molecule has 0 fully saturated rings. The summed E-state index contributed by atoms with van der Waals surface area (Å²) in [6.45, 7) is 0. The summed E-state index contributed by atoms with van der Waals surface area (Å²) in [5.41, 5.74) is 5.04. The zero-order valence-electron chi connectivity index (χ0n) is 19.0. The first kappa shape index (κ1) is 23.2. The molecule has 0 bridgehead atoms. The van der Waals surface area contributed by atoms with Crippen LogP contribution in [-0.4, -0.2) is 26.8 Å². The molecule has 0 atom stereocenters. The minimum atomic E-state index is -0.181. The van der Waals surface area contributed by atoms with E-state index in [0.717, 1.165) is 48.1 Å². The Labute approximate surface area is 212 Å². The van der Waals surface area contributed by atoms with Gasteiger partial charge in [-0.1, -0.05) is 78.8 Å². The molecule has 6 nitrogen and oxygen atoms in total. The second-order valence-electron chi connectivity index (χ2n) is 8.24. The highest BCUT2D eigenvalue weighted by Crippen LogP contribution is 2.37. The Hall–Kier alpha value is -3.54. The van der Waals surface area contributed by atoms with Crippen molar-refractivity contribution in [3.63, 3.8) is 0 Å². The number of hydrogen-bond donors (Lipinski definition) is 1. The largest absolute Gasteiger partial charge is 0.316 e. The number of aromatic nitrogens is 3. The van der Waals surface area contributed by atoms with Crippen LogP contribution in [-0.2, 0) is 17.6 Å². The van der Waals surface area contributed by atoms with Gasteiger partial charge in [0.2, 0.25) is 11.1 Å². The fraction of sp³-hybridized carbons (Fsp3) is 0.222. The highest BCUT2D eigenvalue weighted by molar-refractivity contribution is 7.99. The van der Waals surface area contributed by atoms with Crippen molar-refractivity contribution in [2.75, 3.05) is 11.1 Å². The third-order valence-electron chi connectivity index (χ3n) is 5.88. The second kappa shape index (κ2) is 10.8. The van der Waals surface area contributed by atoms with Crippen molar-refractivity contribution in [3.05, 3.63) is 76.7 Å². The van der Waals surface area contributed by atoms with Crippen LogP contribution in [0.4, 0.5) is 5.00 Å². The molecule has 35 heavy (non-hydrogen) atoms. The van der Waals surface area contributed by atoms with Gasteiger partial charge >= 0.3 is 0 Å². The van der Waals surface area contributed by atoms with E-state index in [9.17, 15) is 10.1 Å². The van der Waals surface area contributed by atoms with Gasteiger partial charge in [-0.15, -0.1) is 21.5 Å². The molecule has 1 N–H and O–H groups in total. The molecular formula is C27H23N5OS2. The minimum absolute atomic E-state index is 0.133. The number of rotatable bonds is 6. The zero-order chi connectivity index (χ0) is 24.0. The van der Waals surface area contributed by atoms with Crippen LogP contribution in [0.1, 0.15) is 35.3 Å². The van der Waals surface area contributed by atoms with Crippen molar-refractivity contribution in [2.24, 2.45) is 0 Å². The fourth-order valence-corrected chi connectivity index (χ4v) is 6.04. The van der Waals surface area contributed by atoms with Crippen LogP contribution < -0.4 is 5.32 Å². The van der Waals surface area contributed by atoms with Gasteiger partial charge in [-0.05, 0) is 31.2 Å². The molecule has 0 aliphatic heterocycles. The Morgan fingerprint density at radius 3 is 2.34 bits per heavy atom. The quantitative estimate of drug-likeness (QED) is 0.254. The first-order valence-electron chi connectivity index (χ1n) is 11.6. The number of fused-ring (bicyclic) bond motifs is 1. The zero-order valence-corrected chi connectivity index (χ0v) is 20.7. The summed E-state index contributed by atoms with van der Waals surface area (Å²) in [6, 6.07) is 22.0. The van der Waals surface area contributed by atoms with Gasteiger partial charge in [0.25, 0.3) is 0 Å². The normalized spacial score (nSPS) is 12.9. The molecule has 4 aromatic rings. The SMILES string of the molecule is N#Cc1c(NC(=O)CSc2nnc(-c3ccccc3)c(-c3ccccc3)n2)sc2c1CCCCC2. The maximum Gasteiger partial charge on any atom is 0.235 e. The maximum atomic E-state index is 12.8. The monoisotopic (exact) mass is 497 g/mol. The van der Waals surface area contributed by atoms with Gasteiger partial charge in [0, 0.05) is 16.0 Å². The average Bonchev–Trinajstić information content (AvgIpc) is 3.06. The van der Waals surface area contributed by atoms with Crippen LogP contribution in [0, 0.1) is 11.3 Å². The highest BCUT2D eigenvalue weighted by Gasteiger charge is 2.21. The summed E-state index contributed by atoms with van der Waals surface area (Å²) in [5.74, 6) is -0.0477. The van der Waals surface area contributed by atoms with Crippen molar-refractivity contribution < 1.29 is 4.79 Å². The molecule has 0 unspecified atom stereocenters. The summed E-state index contributed by atoms with van der Waals surface area (Å²) < 4.78 is 0. The Morgan fingerprint density at radius 1 is 0.943 bits per heavy atom. The summed E-state index contributed by atoms with van der Waals surface area (Å²) in [4.78, 5) is 18.8. The van der Waals surface area contributed by atoms with E-state index in [0.29, 0.717) is 21.4 Å². The maximum absolute atomic E-state index is 12.8. The summed E-state index contributed by atoms with van der Waals surface area (Å²) in [6.07, 6.45) is 5.31. The Bertz CT molecular complexity index is 1380. The van der Waals surface area contributed by atoms with Gasteiger partial charge in [-0.3, -0.25) is 4.79 Å². The Kier molecular flexibility index (Phi) is 7.17. The topological polar surface area (TPSA) is 91.6 Å². The van der Waals surface area contributed by atoms with Crippen LogP contribution in [0.25, 0.3) is 22.5 Å². The van der Waals surface area contributed by atoms with Crippen molar-refractivity contribution in [1.82, 2.24) is 15.2 Å². The minimum Gasteiger partial charge on any atom is -0.316 e. The molecule has 0 radical (unpaired) electrons.